The smallest absolute Gasteiger partial charge is 0.337 e. The van der Waals surface area contributed by atoms with Crippen molar-refractivity contribution in [2.24, 2.45) is 0 Å². The second-order valence-electron chi connectivity index (χ2n) is 2.49. The van der Waals surface area contributed by atoms with E-state index in [0.29, 0.717) is 12.7 Å². The molecule has 0 saturated carbocycles. The van der Waals surface area contributed by atoms with Crippen molar-refractivity contribution in [3.05, 3.63) is 24.3 Å². The summed E-state index contributed by atoms with van der Waals surface area (Å²) >= 11 is 3.91. The monoisotopic (exact) mass is 404 g/mol. The number of phenolic OH excluding ortho intramolecular Hbond substituents is 1. The van der Waals surface area contributed by atoms with Crippen LogP contribution in [0.1, 0.15) is 15.9 Å². The molecule has 0 aliphatic heterocycles. The molecule has 0 amide bonds. The molecule has 5 heteroatoms. The van der Waals surface area contributed by atoms with E-state index in [1.165, 1.54) is 0 Å². The van der Waals surface area contributed by atoms with Gasteiger partial charge in [0, 0.05) is 9.13 Å². The van der Waals surface area contributed by atoms with E-state index in [1.54, 1.807) is 13.0 Å². The van der Waals surface area contributed by atoms with E-state index in [4.69, 9.17) is 5.11 Å². The van der Waals surface area contributed by atoms with Crippen molar-refractivity contribution in [1.29, 1.82) is 0 Å². The lowest BCUT2D eigenvalue weighted by molar-refractivity contribution is 0.0694. The highest BCUT2D eigenvalue weighted by molar-refractivity contribution is 14.1. The normalized spacial score (nSPS) is 10.1. The SMILES string of the molecule is Cc1c(O)c(I)cc(I)c1C(=O)O. The van der Waals surface area contributed by atoms with E-state index in [0.717, 1.165) is 0 Å². The first-order valence-electron chi connectivity index (χ1n) is 3.36. The molecule has 70 valence electrons. The zero-order chi connectivity index (χ0) is 10.2. The van der Waals surface area contributed by atoms with Crippen LogP contribution in [0.3, 0.4) is 0 Å². The molecule has 0 radical (unpaired) electrons. The number of aromatic hydroxyl groups is 1. The topological polar surface area (TPSA) is 57.5 Å². The highest BCUT2D eigenvalue weighted by atomic mass is 127. The molecule has 0 aromatic heterocycles. The fourth-order valence-corrected chi connectivity index (χ4v) is 3.25. The van der Waals surface area contributed by atoms with Crippen LogP contribution in [-0.4, -0.2) is 16.2 Å². The van der Waals surface area contributed by atoms with Crippen molar-refractivity contribution in [2.45, 2.75) is 6.92 Å². The van der Waals surface area contributed by atoms with E-state index in [9.17, 15) is 9.90 Å². The zero-order valence-electron chi connectivity index (χ0n) is 6.64. The molecule has 0 saturated heterocycles. The second kappa shape index (κ2) is 3.99. The Morgan fingerprint density at radius 2 is 1.92 bits per heavy atom. The van der Waals surface area contributed by atoms with Crippen LogP contribution in [0.25, 0.3) is 0 Å². The molecule has 0 heterocycles. The third-order valence-corrected chi connectivity index (χ3v) is 3.34. The molecule has 0 fully saturated rings. The minimum atomic E-state index is -1.01. The van der Waals surface area contributed by atoms with Gasteiger partial charge in [0.1, 0.15) is 5.75 Å². The standard InChI is InChI=1S/C8H6I2O3/c1-3-6(8(12)13)4(9)2-5(10)7(3)11/h2,11H,1H3,(H,12,13). The predicted octanol–water partition coefficient (Wildman–Crippen LogP) is 2.61. The Hall–Kier alpha value is -0.0500. The van der Waals surface area contributed by atoms with E-state index < -0.39 is 5.97 Å². The summed E-state index contributed by atoms with van der Waals surface area (Å²) in [5.74, 6) is -0.952. The molecule has 1 aromatic carbocycles. The number of halogens is 2. The molecule has 0 bridgehead atoms. The lowest BCUT2D eigenvalue weighted by Gasteiger charge is -2.07. The highest BCUT2D eigenvalue weighted by Gasteiger charge is 2.16. The lowest BCUT2D eigenvalue weighted by atomic mass is 10.1. The van der Waals surface area contributed by atoms with Gasteiger partial charge in [-0.15, -0.1) is 0 Å². The molecular weight excluding hydrogens is 398 g/mol. The van der Waals surface area contributed by atoms with Crippen molar-refractivity contribution in [1.82, 2.24) is 0 Å². The maximum atomic E-state index is 10.8. The molecule has 13 heavy (non-hydrogen) atoms. The van der Waals surface area contributed by atoms with Gasteiger partial charge in [-0.1, -0.05) is 0 Å². The van der Waals surface area contributed by atoms with Crippen molar-refractivity contribution in [3.63, 3.8) is 0 Å². The molecule has 1 aromatic rings. The minimum Gasteiger partial charge on any atom is -0.507 e. The number of carboxylic acid groups (broad SMARTS) is 1. The van der Waals surface area contributed by atoms with Gasteiger partial charge in [-0.25, -0.2) is 4.79 Å². The Kier molecular flexibility index (Phi) is 3.38. The zero-order valence-corrected chi connectivity index (χ0v) is 11.0. The molecule has 1 rings (SSSR count). The Bertz CT molecular complexity index is 374. The number of rotatable bonds is 1. The Labute approximate surface area is 102 Å². The van der Waals surface area contributed by atoms with Crippen LogP contribution in [0.5, 0.6) is 5.75 Å². The Morgan fingerprint density at radius 1 is 1.38 bits per heavy atom. The van der Waals surface area contributed by atoms with Gasteiger partial charge in [0.2, 0.25) is 0 Å². The summed E-state index contributed by atoms with van der Waals surface area (Å²) in [6.07, 6.45) is 0. The van der Waals surface area contributed by atoms with Crippen LogP contribution in [-0.2, 0) is 0 Å². The van der Waals surface area contributed by atoms with Gasteiger partial charge in [-0.2, -0.15) is 0 Å². The summed E-state index contributed by atoms with van der Waals surface area (Å²) in [5.41, 5.74) is 0.599. The van der Waals surface area contributed by atoms with Gasteiger partial charge in [-0.3, -0.25) is 0 Å². The van der Waals surface area contributed by atoms with E-state index in [-0.39, 0.29) is 11.3 Å². The quantitative estimate of drug-likeness (QED) is 0.709. The van der Waals surface area contributed by atoms with Crippen molar-refractivity contribution in [2.75, 3.05) is 0 Å². The minimum absolute atomic E-state index is 0.0541. The number of benzene rings is 1. The summed E-state index contributed by atoms with van der Waals surface area (Å²) in [6.45, 7) is 1.60. The van der Waals surface area contributed by atoms with Crippen LogP contribution in [0.2, 0.25) is 0 Å². The molecule has 0 unspecified atom stereocenters. The Balaban J connectivity index is 3.53. The first-order valence-corrected chi connectivity index (χ1v) is 5.51. The van der Waals surface area contributed by atoms with Crippen molar-refractivity contribution in [3.8, 4) is 5.75 Å². The van der Waals surface area contributed by atoms with Gasteiger partial charge in [0.25, 0.3) is 0 Å². The van der Waals surface area contributed by atoms with Crippen LogP contribution < -0.4 is 0 Å². The summed E-state index contributed by atoms with van der Waals surface area (Å²) in [5, 5.41) is 18.3. The average Bonchev–Trinajstić information content (AvgIpc) is 1.99. The van der Waals surface area contributed by atoms with Crippen LogP contribution in [0, 0.1) is 14.1 Å². The number of hydrogen-bond acceptors (Lipinski definition) is 2. The first kappa shape index (κ1) is 11.0. The van der Waals surface area contributed by atoms with Gasteiger partial charge < -0.3 is 10.2 Å². The van der Waals surface area contributed by atoms with E-state index >= 15 is 0 Å². The maximum absolute atomic E-state index is 10.8. The average molecular weight is 404 g/mol. The Morgan fingerprint density at radius 3 is 2.38 bits per heavy atom. The first-order chi connectivity index (χ1) is 5.95. The number of carbonyl (C=O) groups is 1. The summed E-state index contributed by atoms with van der Waals surface area (Å²) in [6, 6.07) is 1.65. The molecule has 0 aliphatic rings. The molecule has 0 aliphatic carbocycles. The fraction of sp³-hybridized carbons (Fsp3) is 0.125. The summed E-state index contributed by atoms with van der Waals surface area (Å²) < 4.78 is 1.31. The summed E-state index contributed by atoms with van der Waals surface area (Å²) in [7, 11) is 0. The number of aromatic carboxylic acids is 1. The van der Waals surface area contributed by atoms with Gasteiger partial charge >= 0.3 is 5.97 Å². The molecule has 2 N–H and O–H groups in total. The van der Waals surface area contributed by atoms with Crippen LogP contribution in [0.15, 0.2) is 6.07 Å². The van der Waals surface area contributed by atoms with Crippen LogP contribution in [0.4, 0.5) is 0 Å². The van der Waals surface area contributed by atoms with Gasteiger partial charge in [-0.05, 0) is 58.2 Å². The lowest BCUT2D eigenvalue weighted by Crippen LogP contribution is -2.03. The van der Waals surface area contributed by atoms with Crippen molar-refractivity contribution >= 4 is 51.2 Å². The number of phenols is 1. The highest BCUT2D eigenvalue weighted by Crippen LogP contribution is 2.30. The molecule has 3 nitrogen and oxygen atoms in total. The number of hydrogen-bond donors (Lipinski definition) is 2. The summed E-state index contributed by atoms with van der Waals surface area (Å²) in [4.78, 5) is 10.8. The van der Waals surface area contributed by atoms with Crippen molar-refractivity contribution < 1.29 is 15.0 Å². The van der Waals surface area contributed by atoms with Crippen LogP contribution >= 0.6 is 45.2 Å². The molecule has 0 spiro atoms. The maximum Gasteiger partial charge on any atom is 0.337 e. The van der Waals surface area contributed by atoms with E-state index in [2.05, 4.69) is 0 Å². The third kappa shape index (κ3) is 2.06. The largest absolute Gasteiger partial charge is 0.507 e. The van der Waals surface area contributed by atoms with Gasteiger partial charge in [0.15, 0.2) is 0 Å². The predicted molar refractivity (Wildman–Crippen MR) is 65.2 cm³/mol. The fourth-order valence-electron chi connectivity index (χ4n) is 0.991. The van der Waals surface area contributed by atoms with E-state index in [1.807, 2.05) is 45.2 Å². The van der Waals surface area contributed by atoms with Gasteiger partial charge in [0.05, 0.1) is 9.13 Å². The molecule has 0 atom stereocenters. The number of carboxylic acids is 1. The third-order valence-electron chi connectivity index (χ3n) is 1.66. The molecular formula is C8H6I2O3. The second-order valence-corrected chi connectivity index (χ2v) is 4.82.